The van der Waals surface area contributed by atoms with Crippen molar-refractivity contribution in [1.82, 2.24) is 4.72 Å². The highest BCUT2D eigenvalue weighted by molar-refractivity contribution is 7.89. The first kappa shape index (κ1) is 17.6. The first-order valence-corrected chi connectivity index (χ1v) is 8.39. The molecule has 0 bridgehead atoms. The number of rotatable bonds is 6. The van der Waals surface area contributed by atoms with Gasteiger partial charge in [-0.05, 0) is 31.5 Å². The highest BCUT2D eigenvalue weighted by Crippen LogP contribution is 2.15. The van der Waals surface area contributed by atoms with Gasteiger partial charge in [0, 0.05) is 6.04 Å². The van der Waals surface area contributed by atoms with Gasteiger partial charge in [0.05, 0.1) is 17.0 Å². The topological polar surface area (TPSA) is 72.2 Å². The second-order valence-corrected chi connectivity index (χ2v) is 6.53. The van der Waals surface area contributed by atoms with Crippen LogP contribution in [0, 0.1) is 17.7 Å². The molecule has 0 fully saturated rings. The maximum Gasteiger partial charge on any atom is 0.240 e. The number of nitrogens with one attached hydrogen (secondary N) is 1. The summed E-state index contributed by atoms with van der Waals surface area (Å²) in [6.45, 7) is 3.96. The van der Waals surface area contributed by atoms with E-state index in [4.69, 9.17) is 5.73 Å². The SMILES string of the molecule is CCCCC(C)NS(=O)(=O)c1ccc(C#CCN)c(F)c1. The lowest BCUT2D eigenvalue weighted by Crippen LogP contribution is -2.32. The molecule has 116 valence electrons. The molecule has 0 amide bonds. The molecule has 0 spiro atoms. The molecular weight excluding hydrogens is 291 g/mol. The molecule has 0 aliphatic rings. The standard InChI is InChI=1S/C15H21FN2O2S/c1-3-4-6-12(2)18-21(19,20)14-9-8-13(7-5-10-17)15(16)11-14/h8-9,11-12,18H,3-4,6,10,17H2,1-2H3. The summed E-state index contributed by atoms with van der Waals surface area (Å²) in [7, 11) is -3.71. The molecule has 0 aliphatic carbocycles. The minimum atomic E-state index is -3.71. The zero-order valence-electron chi connectivity index (χ0n) is 12.3. The van der Waals surface area contributed by atoms with Gasteiger partial charge in [0.15, 0.2) is 0 Å². The Balaban J connectivity index is 2.91. The number of unbranched alkanes of at least 4 members (excludes halogenated alkanes) is 1. The van der Waals surface area contributed by atoms with E-state index in [1.165, 1.54) is 12.1 Å². The lowest BCUT2D eigenvalue weighted by Gasteiger charge is -2.14. The predicted octanol–water partition coefficient (Wildman–Crippen LogP) is 1.99. The van der Waals surface area contributed by atoms with E-state index in [1.807, 2.05) is 6.92 Å². The van der Waals surface area contributed by atoms with E-state index < -0.39 is 15.8 Å². The first-order chi connectivity index (χ1) is 9.90. The summed E-state index contributed by atoms with van der Waals surface area (Å²) in [6, 6.07) is 3.49. The molecule has 4 nitrogen and oxygen atoms in total. The van der Waals surface area contributed by atoms with Gasteiger partial charge in [-0.3, -0.25) is 0 Å². The van der Waals surface area contributed by atoms with Crippen molar-refractivity contribution in [2.24, 2.45) is 5.73 Å². The molecule has 1 aromatic carbocycles. The summed E-state index contributed by atoms with van der Waals surface area (Å²) in [4.78, 5) is -0.0957. The maximum atomic E-state index is 13.8. The van der Waals surface area contributed by atoms with Gasteiger partial charge >= 0.3 is 0 Å². The lowest BCUT2D eigenvalue weighted by molar-refractivity contribution is 0.533. The summed E-state index contributed by atoms with van der Waals surface area (Å²) in [5.74, 6) is 4.42. The van der Waals surface area contributed by atoms with Gasteiger partial charge in [0.25, 0.3) is 0 Å². The van der Waals surface area contributed by atoms with E-state index in [9.17, 15) is 12.8 Å². The Labute approximate surface area is 126 Å². The number of hydrogen-bond donors (Lipinski definition) is 2. The van der Waals surface area contributed by atoms with Crippen LogP contribution in [-0.2, 0) is 10.0 Å². The van der Waals surface area contributed by atoms with E-state index in [2.05, 4.69) is 16.6 Å². The Morgan fingerprint density at radius 3 is 2.71 bits per heavy atom. The van der Waals surface area contributed by atoms with Crippen molar-refractivity contribution in [2.45, 2.75) is 44.0 Å². The molecule has 1 aromatic rings. The molecule has 0 heterocycles. The Kier molecular flexibility index (Phi) is 6.82. The average Bonchev–Trinajstić information content (AvgIpc) is 2.43. The van der Waals surface area contributed by atoms with E-state index in [1.54, 1.807) is 6.92 Å². The lowest BCUT2D eigenvalue weighted by atomic mass is 10.2. The molecule has 21 heavy (non-hydrogen) atoms. The fourth-order valence-electron chi connectivity index (χ4n) is 1.81. The fourth-order valence-corrected chi connectivity index (χ4v) is 3.10. The van der Waals surface area contributed by atoms with Gasteiger partial charge in [-0.15, -0.1) is 0 Å². The van der Waals surface area contributed by atoms with E-state index in [0.717, 1.165) is 25.3 Å². The van der Waals surface area contributed by atoms with Gasteiger partial charge in [-0.25, -0.2) is 17.5 Å². The molecular formula is C15H21FN2O2S. The molecule has 0 saturated heterocycles. The Bertz CT molecular complexity index is 633. The molecule has 3 N–H and O–H groups in total. The molecule has 6 heteroatoms. The monoisotopic (exact) mass is 312 g/mol. The number of hydrogen-bond acceptors (Lipinski definition) is 3. The van der Waals surface area contributed by atoms with Crippen LogP contribution in [-0.4, -0.2) is 21.0 Å². The van der Waals surface area contributed by atoms with Crippen LogP contribution in [0.15, 0.2) is 23.1 Å². The summed E-state index contributed by atoms with van der Waals surface area (Å²) in [5.41, 5.74) is 5.36. The second kappa shape index (κ2) is 8.13. The highest BCUT2D eigenvalue weighted by atomic mass is 32.2. The molecule has 0 radical (unpaired) electrons. The van der Waals surface area contributed by atoms with Crippen molar-refractivity contribution in [1.29, 1.82) is 0 Å². The third-order valence-electron chi connectivity index (χ3n) is 2.92. The van der Waals surface area contributed by atoms with Crippen molar-refractivity contribution < 1.29 is 12.8 Å². The van der Waals surface area contributed by atoms with Gasteiger partial charge in [0.1, 0.15) is 5.82 Å². The zero-order valence-corrected chi connectivity index (χ0v) is 13.1. The number of sulfonamides is 1. The molecule has 1 rings (SSSR count). The zero-order chi connectivity index (χ0) is 15.9. The summed E-state index contributed by atoms with van der Waals surface area (Å²) in [5, 5.41) is 0. The van der Waals surface area contributed by atoms with Crippen LogP contribution in [0.1, 0.15) is 38.7 Å². The fraction of sp³-hybridized carbons (Fsp3) is 0.467. The number of nitrogens with two attached hydrogens (primary N) is 1. The Morgan fingerprint density at radius 2 is 2.14 bits per heavy atom. The Morgan fingerprint density at radius 1 is 1.43 bits per heavy atom. The van der Waals surface area contributed by atoms with E-state index in [0.29, 0.717) is 0 Å². The van der Waals surface area contributed by atoms with Crippen molar-refractivity contribution in [3.05, 3.63) is 29.6 Å². The molecule has 0 saturated carbocycles. The third-order valence-corrected chi connectivity index (χ3v) is 4.51. The molecule has 0 aliphatic heterocycles. The smallest absolute Gasteiger partial charge is 0.240 e. The van der Waals surface area contributed by atoms with Crippen LogP contribution < -0.4 is 10.5 Å². The van der Waals surface area contributed by atoms with Crippen molar-refractivity contribution in [3.8, 4) is 11.8 Å². The minimum Gasteiger partial charge on any atom is -0.320 e. The van der Waals surface area contributed by atoms with Gasteiger partial charge < -0.3 is 5.73 Å². The largest absolute Gasteiger partial charge is 0.320 e. The van der Waals surface area contributed by atoms with Crippen LogP contribution in [0.4, 0.5) is 4.39 Å². The second-order valence-electron chi connectivity index (χ2n) is 4.81. The van der Waals surface area contributed by atoms with Crippen LogP contribution >= 0.6 is 0 Å². The average molecular weight is 312 g/mol. The first-order valence-electron chi connectivity index (χ1n) is 6.91. The van der Waals surface area contributed by atoms with Gasteiger partial charge in [0.2, 0.25) is 10.0 Å². The summed E-state index contributed by atoms with van der Waals surface area (Å²) in [6.07, 6.45) is 2.68. The van der Waals surface area contributed by atoms with Gasteiger partial charge in [-0.1, -0.05) is 31.6 Å². The van der Waals surface area contributed by atoms with Gasteiger partial charge in [-0.2, -0.15) is 0 Å². The van der Waals surface area contributed by atoms with Crippen molar-refractivity contribution in [3.63, 3.8) is 0 Å². The quantitative estimate of drug-likeness (QED) is 0.789. The van der Waals surface area contributed by atoms with Crippen LogP contribution in [0.5, 0.6) is 0 Å². The minimum absolute atomic E-state index is 0.0957. The third kappa shape index (κ3) is 5.46. The van der Waals surface area contributed by atoms with Crippen LogP contribution in [0.2, 0.25) is 0 Å². The van der Waals surface area contributed by atoms with Crippen molar-refractivity contribution >= 4 is 10.0 Å². The maximum absolute atomic E-state index is 13.8. The number of benzene rings is 1. The van der Waals surface area contributed by atoms with Crippen LogP contribution in [0.25, 0.3) is 0 Å². The normalized spacial score (nSPS) is 12.6. The van der Waals surface area contributed by atoms with E-state index >= 15 is 0 Å². The van der Waals surface area contributed by atoms with E-state index in [-0.39, 0.29) is 23.0 Å². The molecule has 0 aromatic heterocycles. The predicted molar refractivity (Wildman–Crippen MR) is 81.6 cm³/mol. The Hall–Kier alpha value is -1.42. The number of halogens is 1. The molecule has 1 unspecified atom stereocenters. The van der Waals surface area contributed by atoms with Crippen molar-refractivity contribution in [2.75, 3.05) is 6.54 Å². The highest BCUT2D eigenvalue weighted by Gasteiger charge is 2.18. The summed E-state index contributed by atoms with van der Waals surface area (Å²) >= 11 is 0. The molecule has 1 atom stereocenters. The summed E-state index contributed by atoms with van der Waals surface area (Å²) < 4.78 is 40.7. The van der Waals surface area contributed by atoms with Crippen LogP contribution in [0.3, 0.4) is 0 Å².